The molecule has 3 aromatic heterocycles. The number of anilines is 1. The van der Waals surface area contributed by atoms with Crippen LogP contribution < -0.4 is 9.64 Å². The fourth-order valence-electron chi connectivity index (χ4n) is 3.86. The highest BCUT2D eigenvalue weighted by atomic mass is 16.5. The standard InChI is InChI=1S/C23H22N6O3/c1-14-2-4-18-19(10-14)28-21(27-18)15-3-5-20(24-11-15)29-8-6-16(7-9-29)32-17-12-25-22(23(30)31)26-13-17/h2-5,10-13,16H,6-9H2,1H3,(H,27,28)(H,30,31). The predicted octanol–water partition coefficient (Wildman–Crippen LogP) is 3.47. The summed E-state index contributed by atoms with van der Waals surface area (Å²) in [6, 6.07) is 10.2. The molecule has 0 aliphatic carbocycles. The lowest BCUT2D eigenvalue weighted by Gasteiger charge is -2.32. The molecule has 4 heterocycles. The number of pyridine rings is 1. The summed E-state index contributed by atoms with van der Waals surface area (Å²) >= 11 is 0. The van der Waals surface area contributed by atoms with E-state index in [1.165, 1.54) is 18.0 Å². The molecule has 1 aliphatic rings. The minimum Gasteiger partial charge on any atom is -0.487 e. The molecule has 0 unspecified atom stereocenters. The number of carboxylic acid groups (broad SMARTS) is 1. The topological polar surface area (TPSA) is 117 Å². The zero-order valence-corrected chi connectivity index (χ0v) is 17.5. The lowest BCUT2D eigenvalue weighted by molar-refractivity contribution is 0.0683. The Morgan fingerprint density at radius 2 is 1.88 bits per heavy atom. The molecule has 4 aromatic rings. The molecule has 1 saturated heterocycles. The van der Waals surface area contributed by atoms with Gasteiger partial charge in [-0.05, 0) is 36.8 Å². The number of benzene rings is 1. The average Bonchev–Trinajstić information content (AvgIpc) is 3.23. The summed E-state index contributed by atoms with van der Waals surface area (Å²) in [4.78, 5) is 33.3. The van der Waals surface area contributed by atoms with Crippen LogP contribution in [-0.2, 0) is 0 Å². The maximum absolute atomic E-state index is 10.8. The van der Waals surface area contributed by atoms with Crippen molar-refractivity contribution in [1.82, 2.24) is 24.9 Å². The number of imidazole rings is 1. The molecule has 162 valence electrons. The summed E-state index contributed by atoms with van der Waals surface area (Å²) in [5.74, 6) is 0.830. The summed E-state index contributed by atoms with van der Waals surface area (Å²) in [5, 5.41) is 8.88. The largest absolute Gasteiger partial charge is 0.487 e. The average molecular weight is 430 g/mol. The van der Waals surface area contributed by atoms with Crippen molar-refractivity contribution in [2.75, 3.05) is 18.0 Å². The van der Waals surface area contributed by atoms with Gasteiger partial charge in [0.1, 0.15) is 17.7 Å². The number of carbonyl (C=O) groups is 1. The van der Waals surface area contributed by atoms with Gasteiger partial charge in [-0.25, -0.2) is 24.7 Å². The van der Waals surface area contributed by atoms with E-state index in [4.69, 9.17) is 9.84 Å². The first-order valence-electron chi connectivity index (χ1n) is 10.4. The number of aromatic nitrogens is 5. The molecule has 0 radical (unpaired) electrons. The Morgan fingerprint density at radius 3 is 2.56 bits per heavy atom. The van der Waals surface area contributed by atoms with E-state index >= 15 is 0 Å². The van der Waals surface area contributed by atoms with Crippen LogP contribution in [0.3, 0.4) is 0 Å². The number of nitrogens with zero attached hydrogens (tertiary/aromatic N) is 5. The van der Waals surface area contributed by atoms with Gasteiger partial charge < -0.3 is 19.7 Å². The molecular weight excluding hydrogens is 408 g/mol. The van der Waals surface area contributed by atoms with Crippen LogP contribution in [-0.4, -0.2) is 55.2 Å². The van der Waals surface area contributed by atoms with Gasteiger partial charge in [0.05, 0.1) is 23.4 Å². The third kappa shape index (κ3) is 4.09. The van der Waals surface area contributed by atoms with Crippen LogP contribution in [0, 0.1) is 6.92 Å². The van der Waals surface area contributed by atoms with Crippen LogP contribution in [0.25, 0.3) is 22.4 Å². The number of hydrogen-bond acceptors (Lipinski definition) is 7. The van der Waals surface area contributed by atoms with Gasteiger partial charge in [0.25, 0.3) is 0 Å². The maximum Gasteiger partial charge on any atom is 0.373 e. The van der Waals surface area contributed by atoms with Crippen molar-refractivity contribution in [1.29, 1.82) is 0 Å². The molecule has 0 atom stereocenters. The zero-order valence-electron chi connectivity index (χ0n) is 17.5. The van der Waals surface area contributed by atoms with Crippen molar-refractivity contribution in [2.24, 2.45) is 0 Å². The Hall–Kier alpha value is -4.01. The van der Waals surface area contributed by atoms with Crippen molar-refractivity contribution in [3.05, 3.63) is 60.3 Å². The Morgan fingerprint density at radius 1 is 1.09 bits per heavy atom. The molecule has 0 saturated carbocycles. The second-order valence-corrected chi connectivity index (χ2v) is 7.86. The van der Waals surface area contributed by atoms with E-state index in [-0.39, 0.29) is 11.9 Å². The van der Waals surface area contributed by atoms with Crippen molar-refractivity contribution in [3.8, 4) is 17.1 Å². The molecule has 32 heavy (non-hydrogen) atoms. The van der Waals surface area contributed by atoms with Crippen molar-refractivity contribution < 1.29 is 14.6 Å². The quantitative estimate of drug-likeness (QED) is 0.494. The Kier molecular flexibility index (Phi) is 5.14. The van der Waals surface area contributed by atoms with E-state index in [1.54, 1.807) is 0 Å². The lowest BCUT2D eigenvalue weighted by atomic mass is 10.1. The Balaban J connectivity index is 1.20. The summed E-state index contributed by atoms with van der Waals surface area (Å²) in [6.07, 6.45) is 6.35. The van der Waals surface area contributed by atoms with Gasteiger partial charge in [-0.3, -0.25) is 0 Å². The fourth-order valence-corrected chi connectivity index (χ4v) is 3.86. The van der Waals surface area contributed by atoms with Gasteiger partial charge in [0.2, 0.25) is 5.82 Å². The third-order valence-electron chi connectivity index (χ3n) is 5.55. The van der Waals surface area contributed by atoms with E-state index in [1.807, 2.05) is 24.4 Å². The predicted molar refractivity (Wildman–Crippen MR) is 119 cm³/mol. The number of aromatic amines is 1. The number of fused-ring (bicyclic) bond motifs is 1. The van der Waals surface area contributed by atoms with Crippen molar-refractivity contribution >= 4 is 22.8 Å². The maximum atomic E-state index is 10.8. The molecular formula is C23H22N6O3. The highest BCUT2D eigenvalue weighted by Crippen LogP contribution is 2.25. The number of aromatic carboxylic acids is 1. The first-order valence-corrected chi connectivity index (χ1v) is 10.4. The van der Waals surface area contributed by atoms with Gasteiger partial charge in [-0.1, -0.05) is 6.07 Å². The monoisotopic (exact) mass is 430 g/mol. The van der Waals surface area contributed by atoms with Crippen molar-refractivity contribution in [3.63, 3.8) is 0 Å². The number of nitrogens with one attached hydrogen (secondary N) is 1. The van der Waals surface area contributed by atoms with Gasteiger partial charge >= 0.3 is 5.97 Å². The number of ether oxygens (including phenoxy) is 1. The normalized spacial score (nSPS) is 14.6. The first-order chi connectivity index (χ1) is 15.5. The van der Waals surface area contributed by atoms with Crippen LogP contribution in [0.1, 0.15) is 29.0 Å². The van der Waals surface area contributed by atoms with Gasteiger partial charge in [-0.15, -0.1) is 0 Å². The second kappa shape index (κ2) is 8.26. The summed E-state index contributed by atoms with van der Waals surface area (Å²) in [6.45, 7) is 3.69. The highest BCUT2D eigenvalue weighted by molar-refractivity contribution is 5.83. The highest BCUT2D eigenvalue weighted by Gasteiger charge is 2.22. The molecule has 1 aromatic carbocycles. The fraction of sp³-hybridized carbons (Fsp3) is 0.261. The number of aryl methyl sites for hydroxylation is 1. The summed E-state index contributed by atoms with van der Waals surface area (Å²) < 4.78 is 5.91. The zero-order chi connectivity index (χ0) is 22.1. The van der Waals surface area contributed by atoms with E-state index in [9.17, 15) is 4.79 Å². The molecule has 5 rings (SSSR count). The van der Waals surface area contributed by atoms with Crippen LogP contribution in [0.15, 0.2) is 48.9 Å². The third-order valence-corrected chi connectivity index (χ3v) is 5.55. The SMILES string of the molecule is Cc1ccc2nc(-c3ccc(N4CCC(Oc5cnc(C(=O)O)nc5)CC4)nc3)[nH]c2c1. The lowest BCUT2D eigenvalue weighted by Crippen LogP contribution is -2.38. The molecule has 0 amide bonds. The van der Waals surface area contributed by atoms with E-state index in [0.717, 1.165) is 54.2 Å². The minimum absolute atomic E-state index is 0.0313. The molecule has 0 bridgehead atoms. The summed E-state index contributed by atoms with van der Waals surface area (Å²) in [7, 11) is 0. The number of rotatable bonds is 5. The van der Waals surface area contributed by atoms with Gasteiger partial charge in [0, 0.05) is 37.7 Å². The van der Waals surface area contributed by atoms with Gasteiger partial charge in [0.15, 0.2) is 5.75 Å². The minimum atomic E-state index is -1.15. The number of hydrogen-bond donors (Lipinski definition) is 2. The van der Waals surface area contributed by atoms with Crippen LogP contribution in [0.5, 0.6) is 5.75 Å². The molecule has 1 fully saturated rings. The van der Waals surface area contributed by atoms with E-state index < -0.39 is 5.97 Å². The smallest absolute Gasteiger partial charge is 0.373 e. The molecule has 0 spiro atoms. The van der Waals surface area contributed by atoms with Crippen molar-refractivity contribution in [2.45, 2.75) is 25.9 Å². The number of H-pyrrole nitrogens is 1. The van der Waals surface area contributed by atoms with Gasteiger partial charge in [-0.2, -0.15) is 0 Å². The van der Waals surface area contributed by atoms with E-state index in [2.05, 4.69) is 48.9 Å². The number of piperidine rings is 1. The number of carboxylic acids is 1. The Labute approximate surface area is 184 Å². The second-order valence-electron chi connectivity index (χ2n) is 7.86. The molecule has 9 heteroatoms. The van der Waals surface area contributed by atoms with Crippen LogP contribution in [0.2, 0.25) is 0 Å². The van der Waals surface area contributed by atoms with Crippen LogP contribution >= 0.6 is 0 Å². The first kappa shape index (κ1) is 19.9. The van der Waals surface area contributed by atoms with Crippen LogP contribution in [0.4, 0.5) is 5.82 Å². The Bertz CT molecular complexity index is 1250. The molecule has 2 N–H and O–H groups in total. The molecule has 1 aliphatic heterocycles. The van der Waals surface area contributed by atoms with E-state index in [0.29, 0.717) is 5.75 Å². The molecule has 9 nitrogen and oxygen atoms in total. The summed E-state index contributed by atoms with van der Waals surface area (Å²) in [5.41, 5.74) is 4.11.